The molecule has 1 heterocycles. The van der Waals surface area contributed by atoms with Crippen molar-refractivity contribution in [3.05, 3.63) is 29.8 Å². The van der Waals surface area contributed by atoms with Gasteiger partial charge < -0.3 is 19.7 Å². The summed E-state index contributed by atoms with van der Waals surface area (Å²) in [5.74, 6) is -0.0694. The Morgan fingerprint density at radius 2 is 1.96 bits per heavy atom. The van der Waals surface area contributed by atoms with Gasteiger partial charge in [-0.1, -0.05) is 12.1 Å². The van der Waals surface area contributed by atoms with Crippen molar-refractivity contribution in [2.24, 2.45) is 0 Å². The van der Waals surface area contributed by atoms with E-state index in [-0.39, 0.29) is 18.6 Å². The number of rotatable bonds is 8. The fourth-order valence-electron chi connectivity index (χ4n) is 2.80. The van der Waals surface area contributed by atoms with Crippen molar-refractivity contribution >= 4 is 11.6 Å². The molecule has 0 saturated carbocycles. The fraction of sp³-hybridized carbons (Fsp3) is 0.611. The number of amides is 1. The molecule has 0 spiro atoms. The molecular formula is C18H29N3O3. The Hall–Kier alpha value is -1.63. The molecule has 1 aliphatic rings. The number of benzene rings is 1. The molecule has 134 valence electrons. The Morgan fingerprint density at radius 1 is 1.29 bits per heavy atom. The maximum Gasteiger partial charge on any atom is 0.246 e. The Labute approximate surface area is 144 Å². The highest BCUT2D eigenvalue weighted by Crippen LogP contribution is 2.23. The molecule has 1 aromatic carbocycles. The van der Waals surface area contributed by atoms with Crippen LogP contribution in [-0.2, 0) is 14.3 Å². The van der Waals surface area contributed by atoms with Crippen LogP contribution in [0.2, 0.25) is 0 Å². The van der Waals surface area contributed by atoms with Crippen molar-refractivity contribution in [3.8, 4) is 0 Å². The zero-order chi connectivity index (χ0) is 17.4. The van der Waals surface area contributed by atoms with Crippen LogP contribution in [0, 0.1) is 0 Å². The summed E-state index contributed by atoms with van der Waals surface area (Å²) in [6, 6.07) is 8.67. The Morgan fingerprint density at radius 3 is 2.54 bits per heavy atom. The minimum absolute atomic E-state index is 0.0694. The van der Waals surface area contributed by atoms with Gasteiger partial charge in [0.05, 0.1) is 19.3 Å². The zero-order valence-electron chi connectivity index (χ0n) is 15.0. The van der Waals surface area contributed by atoms with E-state index in [0.717, 1.165) is 26.3 Å². The first kappa shape index (κ1) is 18.7. The molecule has 1 aromatic rings. The second-order valence-corrected chi connectivity index (χ2v) is 6.09. The molecule has 1 saturated heterocycles. The lowest BCUT2D eigenvalue weighted by atomic mass is 10.0. The van der Waals surface area contributed by atoms with E-state index in [1.54, 1.807) is 0 Å². The molecule has 24 heavy (non-hydrogen) atoms. The van der Waals surface area contributed by atoms with Crippen molar-refractivity contribution in [2.45, 2.75) is 13.0 Å². The van der Waals surface area contributed by atoms with E-state index in [1.165, 1.54) is 11.3 Å². The number of nitrogens with one attached hydrogen (secondary N) is 1. The van der Waals surface area contributed by atoms with E-state index in [0.29, 0.717) is 13.2 Å². The maximum absolute atomic E-state index is 11.9. The second-order valence-electron chi connectivity index (χ2n) is 6.09. The van der Waals surface area contributed by atoms with Crippen molar-refractivity contribution in [2.75, 3.05) is 65.1 Å². The quantitative estimate of drug-likeness (QED) is 0.776. The van der Waals surface area contributed by atoms with Crippen LogP contribution in [0.4, 0.5) is 5.69 Å². The lowest BCUT2D eigenvalue weighted by molar-refractivity contribution is -0.125. The lowest BCUT2D eigenvalue weighted by Crippen LogP contribution is -2.44. The Balaban J connectivity index is 2.05. The van der Waals surface area contributed by atoms with E-state index >= 15 is 0 Å². The number of carbonyl (C=O) groups is 1. The summed E-state index contributed by atoms with van der Waals surface area (Å²) in [4.78, 5) is 16.3. The highest BCUT2D eigenvalue weighted by molar-refractivity contribution is 5.77. The Kier molecular flexibility index (Phi) is 7.49. The summed E-state index contributed by atoms with van der Waals surface area (Å²) in [6.07, 6.45) is 0. The molecule has 2 rings (SSSR count). The number of hydrogen-bond donors (Lipinski definition) is 1. The first-order valence-corrected chi connectivity index (χ1v) is 8.55. The first-order chi connectivity index (χ1) is 11.6. The van der Waals surface area contributed by atoms with Gasteiger partial charge in [0, 0.05) is 46.0 Å². The number of anilines is 1. The van der Waals surface area contributed by atoms with Crippen LogP contribution in [0.25, 0.3) is 0 Å². The van der Waals surface area contributed by atoms with Gasteiger partial charge in [-0.05, 0) is 24.6 Å². The van der Waals surface area contributed by atoms with Crippen LogP contribution >= 0.6 is 0 Å². The van der Waals surface area contributed by atoms with Crippen LogP contribution in [0.1, 0.15) is 18.5 Å². The third-order valence-electron chi connectivity index (χ3n) is 4.21. The molecule has 0 unspecified atom stereocenters. The van der Waals surface area contributed by atoms with Gasteiger partial charge in [-0.15, -0.1) is 0 Å². The zero-order valence-corrected chi connectivity index (χ0v) is 15.0. The molecule has 6 heteroatoms. The second kappa shape index (κ2) is 9.61. The molecule has 1 N–H and O–H groups in total. The minimum atomic E-state index is -0.0694. The predicted octanol–water partition coefficient (Wildman–Crippen LogP) is 1.28. The smallest absolute Gasteiger partial charge is 0.246 e. The van der Waals surface area contributed by atoms with E-state index < -0.39 is 0 Å². The van der Waals surface area contributed by atoms with E-state index in [4.69, 9.17) is 9.47 Å². The van der Waals surface area contributed by atoms with E-state index in [2.05, 4.69) is 39.4 Å². The minimum Gasteiger partial charge on any atom is -0.379 e. The standard InChI is InChI=1S/C18H29N3O3/c1-4-23-14-18(22)19-13-17(21-9-11-24-12-10-21)15-5-7-16(8-6-15)20(2)3/h5-8,17H,4,9-14H2,1-3H3,(H,19,22)/t17-/m1/s1. The molecule has 0 aromatic heterocycles. The largest absolute Gasteiger partial charge is 0.379 e. The number of hydrogen-bond acceptors (Lipinski definition) is 5. The molecule has 1 amide bonds. The molecule has 0 aliphatic carbocycles. The lowest BCUT2D eigenvalue weighted by Gasteiger charge is -2.35. The number of nitrogens with zero attached hydrogens (tertiary/aromatic N) is 2. The summed E-state index contributed by atoms with van der Waals surface area (Å²) in [5.41, 5.74) is 2.37. The third-order valence-corrected chi connectivity index (χ3v) is 4.21. The summed E-state index contributed by atoms with van der Waals surface area (Å²) < 4.78 is 10.6. The molecule has 6 nitrogen and oxygen atoms in total. The molecule has 1 fully saturated rings. The van der Waals surface area contributed by atoms with Crippen LogP contribution < -0.4 is 10.2 Å². The monoisotopic (exact) mass is 335 g/mol. The average molecular weight is 335 g/mol. The molecule has 1 aliphatic heterocycles. The summed E-state index contributed by atoms with van der Waals surface area (Å²) in [6.45, 7) is 6.35. The highest BCUT2D eigenvalue weighted by Gasteiger charge is 2.23. The molecular weight excluding hydrogens is 306 g/mol. The van der Waals surface area contributed by atoms with Gasteiger partial charge in [-0.3, -0.25) is 9.69 Å². The van der Waals surface area contributed by atoms with Crippen LogP contribution in [0.3, 0.4) is 0 Å². The van der Waals surface area contributed by atoms with Crippen molar-refractivity contribution in [3.63, 3.8) is 0 Å². The Bertz CT molecular complexity index is 499. The van der Waals surface area contributed by atoms with Gasteiger partial charge in [0.1, 0.15) is 6.61 Å². The predicted molar refractivity (Wildman–Crippen MR) is 95.4 cm³/mol. The van der Waals surface area contributed by atoms with Crippen molar-refractivity contribution in [1.82, 2.24) is 10.2 Å². The summed E-state index contributed by atoms with van der Waals surface area (Å²) in [5, 5.41) is 2.99. The first-order valence-electron chi connectivity index (χ1n) is 8.55. The van der Waals surface area contributed by atoms with Gasteiger partial charge in [0.25, 0.3) is 0 Å². The van der Waals surface area contributed by atoms with Gasteiger partial charge >= 0.3 is 0 Å². The third kappa shape index (κ3) is 5.47. The van der Waals surface area contributed by atoms with E-state index in [9.17, 15) is 4.79 Å². The summed E-state index contributed by atoms with van der Waals surface area (Å²) in [7, 11) is 4.06. The van der Waals surface area contributed by atoms with Gasteiger partial charge in [0.15, 0.2) is 0 Å². The molecule has 0 radical (unpaired) electrons. The number of ether oxygens (including phenoxy) is 2. The molecule has 0 bridgehead atoms. The van der Waals surface area contributed by atoms with Gasteiger partial charge in [-0.25, -0.2) is 0 Å². The fourth-order valence-corrected chi connectivity index (χ4v) is 2.80. The van der Waals surface area contributed by atoms with E-state index in [1.807, 2.05) is 21.0 Å². The van der Waals surface area contributed by atoms with Crippen LogP contribution in [0.15, 0.2) is 24.3 Å². The topological polar surface area (TPSA) is 54.0 Å². The van der Waals surface area contributed by atoms with Crippen molar-refractivity contribution in [1.29, 1.82) is 0 Å². The average Bonchev–Trinajstić information content (AvgIpc) is 2.61. The van der Waals surface area contributed by atoms with Gasteiger partial charge in [0.2, 0.25) is 5.91 Å². The number of carbonyl (C=O) groups excluding carboxylic acids is 1. The molecule has 1 atom stereocenters. The maximum atomic E-state index is 11.9. The van der Waals surface area contributed by atoms with Crippen molar-refractivity contribution < 1.29 is 14.3 Å². The number of morpholine rings is 1. The SMILES string of the molecule is CCOCC(=O)NC[C@H](c1ccc(N(C)C)cc1)N1CCOCC1. The van der Waals surface area contributed by atoms with Crippen LogP contribution in [-0.4, -0.2) is 71.0 Å². The normalized spacial score (nSPS) is 16.6. The summed E-state index contributed by atoms with van der Waals surface area (Å²) >= 11 is 0. The van der Waals surface area contributed by atoms with Crippen LogP contribution in [0.5, 0.6) is 0 Å². The van der Waals surface area contributed by atoms with Gasteiger partial charge in [-0.2, -0.15) is 0 Å². The highest BCUT2D eigenvalue weighted by atomic mass is 16.5.